The number of hydrogen-bond acceptors (Lipinski definition) is 15. The Labute approximate surface area is 235 Å². The van der Waals surface area contributed by atoms with Crippen LogP contribution in [0.1, 0.15) is 28.9 Å². The molecule has 0 aliphatic carbocycles. The van der Waals surface area contributed by atoms with E-state index in [0.717, 1.165) is 6.21 Å². The average Bonchev–Trinajstić information content (AvgIpc) is 3.71. The molecule has 0 fully saturated rings. The first-order chi connectivity index (χ1) is 19.4. The molecular weight excluding hydrogens is 571 g/mol. The zero-order chi connectivity index (χ0) is 28.6. The minimum absolute atomic E-state index is 0.00472. The molecule has 5 heterocycles. The van der Waals surface area contributed by atoms with Gasteiger partial charge in [-0.25, -0.2) is 19.9 Å². The fourth-order valence-corrected chi connectivity index (χ4v) is 3.65. The summed E-state index contributed by atoms with van der Waals surface area (Å²) < 4.78 is 21.9. The maximum atomic E-state index is 8.90. The molecule has 0 unspecified atom stereocenters. The van der Waals surface area contributed by atoms with E-state index in [0.29, 0.717) is 52.8 Å². The predicted octanol–water partition coefficient (Wildman–Crippen LogP) is 2.25. The summed E-state index contributed by atoms with van der Waals surface area (Å²) in [6.45, 7) is 0.168. The van der Waals surface area contributed by atoms with E-state index < -0.39 is 0 Å². The van der Waals surface area contributed by atoms with Crippen molar-refractivity contribution in [3.05, 3.63) is 58.2 Å². The van der Waals surface area contributed by atoms with E-state index in [2.05, 4.69) is 40.3 Å². The van der Waals surface area contributed by atoms with E-state index in [1.807, 2.05) is 0 Å². The van der Waals surface area contributed by atoms with Crippen molar-refractivity contribution in [3.63, 3.8) is 0 Å². The molecule has 0 radical (unpaired) electrons. The van der Waals surface area contributed by atoms with E-state index in [1.165, 1.54) is 26.7 Å². The highest BCUT2D eigenvalue weighted by atomic mass is 35.5. The second-order valence-corrected chi connectivity index (χ2v) is 8.28. The Hall–Kier alpha value is -4.38. The van der Waals surface area contributed by atoms with Gasteiger partial charge in [-0.2, -0.15) is 15.1 Å². The first-order valence-electron chi connectivity index (χ1n) is 11.3. The molecule has 5 aromatic rings. The van der Waals surface area contributed by atoms with Crippen molar-refractivity contribution in [2.45, 2.75) is 26.3 Å². The van der Waals surface area contributed by atoms with Gasteiger partial charge in [0, 0.05) is 6.21 Å². The first-order valence-corrected chi connectivity index (χ1v) is 12.0. The minimum atomic E-state index is -0.265. The lowest BCUT2D eigenvalue weighted by atomic mass is 10.3. The third-order valence-electron chi connectivity index (χ3n) is 4.99. The third-order valence-corrected chi connectivity index (χ3v) is 5.33. The molecule has 40 heavy (non-hydrogen) atoms. The molecule has 0 amide bonds. The molecule has 0 saturated carbocycles. The van der Waals surface area contributed by atoms with Crippen LogP contribution in [0.4, 0.5) is 5.69 Å². The van der Waals surface area contributed by atoms with Gasteiger partial charge in [0.25, 0.3) is 0 Å². The fraction of sp³-hybridized carbons (Fsp3) is 0.273. The summed E-state index contributed by atoms with van der Waals surface area (Å²) in [6.07, 6.45) is 5.64. The number of hydrogen-bond donors (Lipinski definition) is 4. The van der Waals surface area contributed by atoms with E-state index in [1.54, 1.807) is 10.9 Å². The molecule has 0 aromatic carbocycles. The minimum Gasteiger partial charge on any atom is -0.479 e. The Morgan fingerprint density at radius 1 is 0.925 bits per heavy atom. The highest BCUT2D eigenvalue weighted by molar-refractivity contribution is 6.28. The number of nitrogens with zero attached hydrogens (tertiary/aromatic N) is 8. The highest BCUT2D eigenvalue weighted by Crippen LogP contribution is 2.26. The van der Waals surface area contributed by atoms with Crippen molar-refractivity contribution < 1.29 is 28.5 Å². The topological polar surface area (TPSA) is 216 Å². The van der Waals surface area contributed by atoms with Crippen LogP contribution in [-0.2, 0) is 26.3 Å². The number of methoxy groups -OCH3 is 2. The van der Waals surface area contributed by atoms with Crippen LogP contribution < -0.4 is 14.8 Å². The average molecular weight is 593 g/mol. The number of nitrogens with one attached hydrogen (secondary N) is 2. The van der Waals surface area contributed by atoms with Gasteiger partial charge >= 0.3 is 0 Å². The normalized spacial score (nSPS) is 10.8. The number of aliphatic hydroxyl groups is 2. The third kappa shape index (κ3) is 6.78. The van der Waals surface area contributed by atoms with E-state index in [9.17, 15) is 0 Å². The van der Waals surface area contributed by atoms with Crippen molar-refractivity contribution in [3.8, 4) is 11.8 Å². The number of aromatic nitrogens is 8. The summed E-state index contributed by atoms with van der Waals surface area (Å²) >= 11 is 11.5. The van der Waals surface area contributed by atoms with Gasteiger partial charge in [-0.05, 0) is 23.2 Å². The molecule has 0 aliphatic rings. The number of ether oxygens (including phenoxy) is 2. The number of fused-ring (bicyclic) bond motifs is 1. The maximum Gasteiger partial charge on any atom is 0.246 e. The van der Waals surface area contributed by atoms with Crippen LogP contribution >= 0.6 is 23.2 Å². The summed E-state index contributed by atoms with van der Waals surface area (Å²) in [7, 11) is 2.93. The summed E-state index contributed by atoms with van der Waals surface area (Å²) in [5.41, 5.74) is 3.05. The van der Waals surface area contributed by atoms with Crippen LogP contribution in [0.25, 0.3) is 11.0 Å². The SMILES string of the molecule is COc1nc(Cl)nc(C=N)c1NCc1coc(CO)n1.COc1nc(Cl)nc2cn(Cc3coc(CO)n3)nc12. The predicted molar refractivity (Wildman–Crippen MR) is 140 cm³/mol. The van der Waals surface area contributed by atoms with Gasteiger partial charge in [-0.1, -0.05) is 0 Å². The zero-order valence-corrected chi connectivity index (χ0v) is 22.5. The fourth-order valence-electron chi connectivity index (χ4n) is 3.32. The monoisotopic (exact) mass is 592 g/mol. The van der Waals surface area contributed by atoms with Crippen LogP contribution in [-0.4, -0.2) is 70.3 Å². The van der Waals surface area contributed by atoms with Crippen molar-refractivity contribution in [1.29, 1.82) is 5.41 Å². The molecule has 16 nitrogen and oxygen atoms in total. The van der Waals surface area contributed by atoms with Crippen LogP contribution in [0.3, 0.4) is 0 Å². The molecule has 0 aliphatic heterocycles. The molecule has 5 aromatic heterocycles. The van der Waals surface area contributed by atoms with Gasteiger partial charge in [-0.15, -0.1) is 0 Å². The van der Waals surface area contributed by atoms with Crippen molar-refractivity contribution in [2.24, 2.45) is 0 Å². The number of halogens is 2. The van der Waals surface area contributed by atoms with Crippen LogP contribution in [0, 0.1) is 5.41 Å². The van der Waals surface area contributed by atoms with Crippen molar-refractivity contribution >= 4 is 46.1 Å². The van der Waals surface area contributed by atoms with Gasteiger partial charge in [0.15, 0.2) is 5.52 Å². The van der Waals surface area contributed by atoms with E-state index in [-0.39, 0.29) is 41.4 Å². The maximum absolute atomic E-state index is 8.90. The van der Waals surface area contributed by atoms with Gasteiger partial charge in [0.05, 0.1) is 39.2 Å². The standard InChI is InChI=1S/C11H10ClN5O3.C11H12ClN5O3/c1-19-10-9-7(14-11(12)15-10)3-17(16-9)2-6-5-20-8(4-18)13-6;1-19-10-9(7(2-13)16-11(12)17-10)14-3-6-5-20-8(4-18)15-6/h3,5,18H,2,4H2,1H3;2,5,13-14,18H,3-4H2,1H3. The highest BCUT2D eigenvalue weighted by Gasteiger charge is 2.15. The van der Waals surface area contributed by atoms with Gasteiger partial charge in [0.1, 0.15) is 48.3 Å². The molecule has 5 rings (SSSR count). The molecule has 4 N–H and O–H groups in total. The lowest BCUT2D eigenvalue weighted by Gasteiger charge is -2.11. The lowest BCUT2D eigenvalue weighted by Crippen LogP contribution is -2.08. The number of rotatable bonds is 10. The summed E-state index contributed by atoms with van der Waals surface area (Å²) in [4.78, 5) is 24.0. The Kier molecular flexibility index (Phi) is 9.39. The van der Waals surface area contributed by atoms with Crippen molar-refractivity contribution in [1.82, 2.24) is 39.7 Å². The number of aliphatic hydroxyl groups excluding tert-OH is 2. The molecule has 0 saturated heterocycles. The molecule has 18 heteroatoms. The second-order valence-electron chi connectivity index (χ2n) is 7.60. The largest absolute Gasteiger partial charge is 0.479 e. The Morgan fingerprint density at radius 3 is 2.17 bits per heavy atom. The zero-order valence-electron chi connectivity index (χ0n) is 21.0. The van der Waals surface area contributed by atoms with E-state index in [4.69, 9.17) is 57.1 Å². The number of oxazole rings is 2. The summed E-state index contributed by atoms with van der Waals surface area (Å²) in [6, 6.07) is 0. The summed E-state index contributed by atoms with van der Waals surface area (Å²) in [5.74, 6) is 1.04. The van der Waals surface area contributed by atoms with Crippen LogP contribution in [0.2, 0.25) is 10.6 Å². The quantitative estimate of drug-likeness (QED) is 0.135. The smallest absolute Gasteiger partial charge is 0.246 e. The van der Waals surface area contributed by atoms with Crippen LogP contribution in [0.5, 0.6) is 11.8 Å². The lowest BCUT2D eigenvalue weighted by molar-refractivity contribution is 0.240. The van der Waals surface area contributed by atoms with Gasteiger partial charge < -0.3 is 39.2 Å². The molecule has 0 atom stereocenters. The van der Waals surface area contributed by atoms with Gasteiger partial charge in [0.2, 0.25) is 34.1 Å². The van der Waals surface area contributed by atoms with Crippen LogP contribution in [0.15, 0.2) is 27.6 Å². The Balaban J connectivity index is 0.000000185. The number of anilines is 1. The molecule has 0 spiro atoms. The van der Waals surface area contributed by atoms with E-state index >= 15 is 0 Å². The molecule has 0 bridgehead atoms. The Morgan fingerprint density at radius 2 is 1.55 bits per heavy atom. The molecule has 210 valence electrons. The second kappa shape index (κ2) is 13.1. The van der Waals surface area contributed by atoms with Crippen molar-refractivity contribution in [2.75, 3.05) is 19.5 Å². The summed E-state index contributed by atoms with van der Waals surface area (Å²) in [5, 5.41) is 32.5. The Bertz CT molecular complexity index is 1600. The van der Waals surface area contributed by atoms with Gasteiger partial charge in [-0.3, -0.25) is 4.68 Å². The molecular formula is C22H22Cl2N10O6. The first kappa shape index (κ1) is 28.6.